The van der Waals surface area contributed by atoms with E-state index in [2.05, 4.69) is 10.1 Å². The van der Waals surface area contributed by atoms with Gasteiger partial charge in [0.2, 0.25) is 11.8 Å². The summed E-state index contributed by atoms with van der Waals surface area (Å²) >= 11 is 0. The molecule has 1 aromatic rings. The molecular formula is C11H13F2N3O2. The van der Waals surface area contributed by atoms with Crippen molar-refractivity contribution in [2.45, 2.75) is 50.0 Å². The van der Waals surface area contributed by atoms with Gasteiger partial charge in [-0.3, -0.25) is 0 Å². The molecule has 1 aromatic heterocycles. The normalized spacial score (nSPS) is 23.8. The Morgan fingerprint density at radius 1 is 1.61 bits per heavy atom. The van der Waals surface area contributed by atoms with Crippen LogP contribution in [0.1, 0.15) is 43.3 Å². The number of nitriles is 1. The Balaban J connectivity index is 1.97. The summed E-state index contributed by atoms with van der Waals surface area (Å²) in [5, 5.41) is 21.4. The molecule has 5 nitrogen and oxygen atoms in total. The van der Waals surface area contributed by atoms with Crippen LogP contribution >= 0.6 is 0 Å². The smallest absolute Gasteiger partial charge is 0.248 e. The van der Waals surface area contributed by atoms with E-state index in [1.165, 1.54) is 0 Å². The number of rotatable bonds is 4. The highest BCUT2D eigenvalue weighted by Crippen LogP contribution is 2.43. The first kappa shape index (κ1) is 12.9. The molecule has 98 valence electrons. The maximum absolute atomic E-state index is 13.0. The van der Waals surface area contributed by atoms with Gasteiger partial charge in [-0.1, -0.05) is 5.16 Å². The quantitative estimate of drug-likeness (QED) is 0.889. The lowest BCUT2D eigenvalue weighted by atomic mass is 10.1. The van der Waals surface area contributed by atoms with Crippen LogP contribution in [0.15, 0.2) is 4.52 Å². The Kier molecular flexibility index (Phi) is 3.57. The molecule has 1 saturated carbocycles. The van der Waals surface area contributed by atoms with Crippen LogP contribution in [0.2, 0.25) is 0 Å². The topological polar surface area (TPSA) is 82.9 Å². The van der Waals surface area contributed by atoms with Crippen molar-refractivity contribution >= 4 is 0 Å². The van der Waals surface area contributed by atoms with E-state index in [1.807, 2.05) is 6.07 Å². The third-order valence-corrected chi connectivity index (χ3v) is 2.99. The summed E-state index contributed by atoms with van der Waals surface area (Å²) in [6.45, 7) is 0. The summed E-state index contributed by atoms with van der Waals surface area (Å²) in [5.74, 6) is -2.58. The molecule has 2 atom stereocenters. The van der Waals surface area contributed by atoms with Gasteiger partial charge in [-0.05, 0) is 6.42 Å². The first-order valence-electron chi connectivity index (χ1n) is 5.75. The second-order valence-corrected chi connectivity index (χ2v) is 4.56. The molecule has 0 amide bonds. The molecule has 0 saturated heterocycles. The highest BCUT2D eigenvalue weighted by atomic mass is 19.3. The predicted octanol–water partition coefficient (Wildman–Crippen LogP) is 1.79. The summed E-state index contributed by atoms with van der Waals surface area (Å²) in [6, 6.07) is 1.82. The molecule has 7 heteroatoms. The maximum Gasteiger partial charge on any atom is 0.248 e. The number of aliphatic hydroxyl groups excluding tert-OH is 1. The van der Waals surface area contributed by atoms with Gasteiger partial charge >= 0.3 is 0 Å². The van der Waals surface area contributed by atoms with Gasteiger partial charge in [0.25, 0.3) is 0 Å². The molecular weight excluding hydrogens is 244 g/mol. The Hall–Kier alpha value is -1.55. The second kappa shape index (κ2) is 4.98. The van der Waals surface area contributed by atoms with Crippen LogP contribution in [0, 0.1) is 11.3 Å². The van der Waals surface area contributed by atoms with Crippen molar-refractivity contribution in [2.75, 3.05) is 0 Å². The number of hydrogen-bond acceptors (Lipinski definition) is 5. The van der Waals surface area contributed by atoms with E-state index in [9.17, 15) is 13.9 Å². The van der Waals surface area contributed by atoms with Crippen LogP contribution in [0.4, 0.5) is 8.78 Å². The standard InChI is InChI=1S/C11H13F2N3O2/c12-11(13)3-1-7(6-11)10-15-9(18-16-10)5-8(17)2-4-14/h7-8,17H,1-3,5-6H2. The molecule has 0 aliphatic heterocycles. The minimum absolute atomic E-state index is 0.0286. The number of aliphatic hydroxyl groups is 1. The molecule has 0 spiro atoms. The minimum Gasteiger partial charge on any atom is -0.392 e. The molecule has 0 bridgehead atoms. The predicted molar refractivity (Wildman–Crippen MR) is 55.8 cm³/mol. The SMILES string of the molecule is N#CCC(O)Cc1nc(C2CCC(F)(F)C2)no1. The van der Waals surface area contributed by atoms with Crippen molar-refractivity contribution in [3.8, 4) is 6.07 Å². The molecule has 18 heavy (non-hydrogen) atoms. The molecule has 0 radical (unpaired) electrons. The molecule has 2 unspecified atom stereocenters. The Morgan fingerprint density at radius 2 is 2.39 bits per heavy atom. The van der Waals surface area contributed by atoms with E-state index in [1.54, 1.807) is 0 Å². The maximum atomic E-state index is 13.0. The molecule has 1 heterocycles. The van der Waals surface area contributed by atoms with Gasteiger partial charge in [0.15, 0.2) is 5.82 Å². The monoisotopic (exact) mass is 257 g/mol. The van der Waals surface area contributed by atoms with Crippen LogP contribution in [-0.4, -0.2) is 27.3 Å². The fourth-order valence-corrected chi connectivity index (χ4v) is 2.07. The third kappa shape index (κ3) is 3.01. The molecule has 1 fully saturated rings. The van der Waals surface area contributed by atoms with Crippen molar-refractivity contribution in [2.24, 2.45) is 0 Å². The van der Waals surface area contributed by atoms with Gasteiger partial charge in [0, 0.05) is 18.8 Å². The van der Waals surface area contributed by atoms with Crippen LogP contribution < -0.4 is 0 Å². The minimum atomic E-state index is -2.65. The van der Waals surface area contributed by atoms with Crippen molar-refractivity contribution < 1.29 is 18.4 Å². The highest BCUT2D eigenvalue weighted by molar-refractivity contribution is 5.02. The number of alkyl halides is 2. The van der Waals surface area contributed by atoms with Crippen LogP contribution in [0.25, 0.3) is 0 Å². The highest BCUT2D eigenvalue weighted by Gasteiger charge is 2.41. The van der Waals surface area contributed by atoms with Crippen LogP contribution in [-0.2, 0) is 6.42 Å². The van der Waals surface area contributed by atoms with E-state index >= 15 is 0 Å². The summed E-state index contributed by atoms with van der Waals surface area (Å²) < 4.78 is 31.0. The van der Waals surface area contributed by atoms with Gasteiger partial charge < -0.3 is 9.63 Å². The lowest BCUT2D eigenvalue weighted by molar-refractivity contribution is 0.00749. The van der Waals surface area contributed by atoms with Crippen molar-refractivity contribution in [3.05, 3.63) is 11.7 Å². The van der Waals surface area contributed by atoms with Gasteiger partial charge in [0.1, 0.15) is 0 Å². The number of aromatic nitrogens is 2. The van der Waals surface area contributed by atoms with Crippen LogP contribution in [0.5, 0.6) is 0 Å². The number of hydrogen-bond donors (Lipinski definition) is 1. The van der Waals surface area contributed by atoms with Gasteiger partial charge in [-0.25, -0.2) is 8.78 Å². The lowest BCUT2D eigenvalue weighted by Crippen LogP contribution is -2.10. The fourth-order valence-electron chi connectivity index (χ4n) is 2.07. The third-order valence-electron chi connectivity index (χ3n) is 2.99. The largest absolute Gasteiger partial charge is 0.392 e. The van der Waals surface area contributed by atoms with Crippen molar-refractivity contribution in [3.63, 3.8) is 0 Å². The average molecular weight is 257 g/mol. The zero-order valence-electron chi connectivity index (χ0n) is 9.64. The number of nitrogens with zero attached hydrogens (tertiary/aromatic N) is 3. The zero-order valence-corrected chi connectivity index (χ0v) is 9.64. The van der Waals surface area contributed by atoms with Gasteiger partial charge in [-0.15, -0.1) is 0 Å². The van der Waals surface area contributed by atoms with Crippen molar-refractivity contribution in [1.29, 1.82) is 5.26 Å². The van der Waals surface area contributed by atoms with Crippen molar-refractivity contribution in [1.82, 2.24) is 10.1 Å². The Labute approximate surface area is 102 Å². The van der Waals surface area contributed by atoms with Gasteiger partial charge in [-0.2, -0.15) is 10.2 Å². The molecule has 2 rings (SSSR count). The molecule has 1 N–H and O–H groups in total. The first-order valence-corrected chi connectivity index (χ1v) is 5.75. The second-order valence-electron chi connectivity index (χ2n) is 4.56. The summed E-state index contributed by atoms with van der Waals surface area (Å²) in [5.41, 5.74) is 0. The lowest BCUT2D eigenvalue weighted by Gasteiger charge is -2.06. The number of halogens is 2. The summed E-state index contributed by atoms with van der Waals surface area (Å²) in [6.07, 6.45) is -0.894. The first-order chi connectivity index (χ1) is 8.50. The molecule has 0 aromatic carbocycles. The van der Waals surface area contributed by atoms with E-state index in [4.69, 9.17) is 9.78 Å². The zero-order chi connectivity index (χ0) is 13.2. The van der Waals surface area contributed by atoms with Crippen LogP contribution in [0.3, 0.4) is 0 Å². The van der Waals surface area contributed by atoms with E-state index in [0.29, 0.717) is 6.42 Å². The molecule has 1 aliphatic rings. The summed E-state index contributed by atoms with van der Waals surface area (Å²) in [7, 11) is 0. The van der Waals surface area contributed by atoms with E-state index in [-0.39, 0.29) is 43.3 Å². The average Bonchev–Trinajstić information content (AvgIpc) is 2.85. The Morgan fingerprint density at radius 3 is 3.00 bits per heavy atom. The van der Waals surface area contributed by atoms with Gasteiger partial charge in [0.05, 0.1) is 25.0 Å². The molecule has 1 aliphatic carbocycles. The van der Waals surface area contributed by atoms with E-state index in [0.717, 1.165) is 0 Å². The fraction of sp³-hybridized carbons (Fsp3) is 0.727. The summed E-state index contributed by atoms with van der Waals surface area (Å²) in [4.78, 5) is 4.00. The van der Waals surface area contributed by atoms with E-state index < -0.39 is 12.0 Å². The Bertz CT molecular complexity index is 455.